The van der Waals surface area contributed by atoms with Crippen molar-refractivity contribution in [3.63, 3.8) is 0 Å². The standard InChI is InChI=1S/C7H10N2O3/c1-2-5-8-4(7(11)12)3-6(10)9-5/h4H,2-3H2,1H3,(H,11,12)(H,8,9,10). The lowest BCUT2D eigenvalue weighted by molar-refractivity contribution is -0.140. The van der Waals surface area contributed by atoms with Crippen LogP contribution in [0.5, 0.6) is 0 Å². The Labute approximate surface area is 69.5 Å². The second kappa shape index (κ2) is 3.34. The van der Waals surface area contributed by atoms with Gasteiger partial charge in [-0.3, -0.25) is 9.79 Å². The third-order valence-corrected chi connectivity index (χ3v) is 1.59. The summed E-state index contributed by atoms with van der Waals surface area (Å²) < 4.78 is 0. The van der Waals surface area contributed by atoms with Crippen LogP contribution in [-0.2, 0) is 9.59 Å². The van der Waals surface area contributed by atoms with Gasteiger partial charge in [-0.15, -0.1) is 0 Å². The van der Waals surface area contributed by atoms with Crippen LogP contribution in [-0.4, -0.2) is 28.9 Å². The fourth-order valence-electron chi connectivity index (χ4n) is 0.976. The van der Waals surface area contributed by atoms with Crippen molar-refractivity contribution >= 4 is 17.7 Å². The molecule has 1 atom stereocenters. The van der Waals surface area contributed by atoms with Crippen LogP contribution in [0.15, 0.2) is 4.99 Å². The van der Waals surface area contributed by atoms with E-state index in [9.17, 15) is 9.59 Å². The molecule has 0 saturated carbocycles. The fraction of sp³-hybridized carbons (Fsp3) is 0.571. The fourth-order valence-corrected chi connectivity index (χ4v) is 0.976. The van der Waals surface area contributed by atoms with E-state index in [1.54, 1.807) is 0 Å². The predicted octanol–water partition coefficient (Wildman–Crippen LogP) is -0.232. The van der Waals surface area contributed by atoms with Gasteiger partial charge in [0.1, 0.15) is 5.84 Å². The molecule has 0 aromatic heterocycles. The number of carbonyl (C=O) groups is 2. The summed E-state index contributed by atoms with van der Waals surface area (Å²) in [5.41, 5.74) is 0. The molecule has 5 heteroatoms. The molecule has 0 radical (unpaired) electrons. The van der Waals surface area contributed by atoms with E-state index in [2.05, 4.69) is 10.3 Å². The Kier molecular flexibility index (Phi) is 2.42. The Morgan fingerprint density at radius 3 is 3.00 bits per heavy atom. The zero-order valence-corrected chi connectivity index (χ0v) is 6.70. The van der Waals surface area contributed by atoms with E-state index in [0.717, 1.165) is 0 Å². The predicted molar refractivity (Wildman–Crippen MR) is 41.9 cm³/mol. The summed E-state index contributed by atoms with van der Waals surface area (Å²) in [5.74, 6) is -0.858. The molecular formula is C7H10N2O3. The summed E-state index contributed by atoms with van der Waals surface area (Å²) in [6, 6.07) is -0.895. The number of carboxylic acids is 1. The first-order chi connectivity index (χ1) is 5.63. The van der Waals surface area contributed by atoms with Gasteiger partial charge in [-0.2, -0.15) is 0 Å². The highest BCUT2D eigenvalue weighted by molar-refractivity contribution is 6.02. The minimum atomic E-state index is -1.05. The first-order valence-corrected chi connectivity index (χ1v) is 3.72. The lowest BCUT2D eigenvalue weighted by atomic mass is 10.1. The van der Waals surface area contributed by atoms with Gasteiger partial charge in [0, 0.05) is 6.42 Å². The van der Waals surface area contributed by atoms with Crippen LogP contribution in [0.1, 0.15) is 19.8 Å². The molecule has 0 aromatic carbocycles. The number of carbonyl (C=O) groups excluding carboxylic acids is 1. The zero-order chi connectivity index (χ0) is 9.14. The van der Waals surface area contributed by atoms with Crippen LogP contribution in [0.2, 0.25) is 0 Å². The Morgan fingerprint density at radius 2 is 2.50 bits per heavy atom. The van der Waals surface area contributed by atoms with Gasteiger partial charge < -0.3 is 10.4 Å². The third-order valence-electron chi connectivity index (χ3n) is 1.59. The van der Waals surface area contributed by atoms with Crippen molar-refractivity contribution in [3.8, 4) is 0 Å². The first-order valence-electron chi connectivity index (χ1n) is 3.72. The molecule has 1 unspecified atom stereocenters. The van der Waals surface area contributed by atoms with E-state index < -0.39 is 12.0 Å². The molecule has 12 heavy (non-hydrogen) atoms. The molecule has 0 fully saturated rings. The first kappa shape index (κ1) is 8.70. The van der Waals surface area contributed by atoms with Gasteiger partial charge in [-0.1, -0.05) is 6.92 Å². The maximum Gasteiger partial charge on any atom is 0.329 e. The van der Waals surface area contributed by atoms with Gasteiger partial charge in [0.15, 0.2) is 6.04 Å². The zero-order valence-electron chi connectivity index (χ0n) is 6.70. The molecule has 1 aliphatic heterocycles. The summed E-state index contributed by atoms with van der Waals surface area (Å²) in [7, 11) is 0. The number of hydrogen-bond donors (Lipinski definition) is 2. The average Bonchev–Trinajstić information content (AvgIpc) is 2.03. The van der Waals surface area contributed by atoms with Crippen LogP contribution in [0.4, 0.5) is 0 Å². The second-order valence-electron chi connectivity index (χ2n) is 2.54. The van der Waals surface area contributed by atoms with Crippen molar-refractivity contribution in [1.29, 1.82) is 0 Å². The van der Waals surface area contributed by atoms with Gasteiger partial charge in [-0.05, 0) is 0 Å². The number of hydrogen-bond acceptors (Lipinski definition) is 3. The molecule has 0 saturated heterocycles. The van der Waals surface area contributed by atoms with Crippen molar-refractivity contribution in [2.75, 3.05) is 0 Å². The van der Waals surface area contributed by atoms with Crippen molar-refractivity contribution in [3.05, 3.63) is 0 Å². The van der Waals surface area contributed by atoms with E-state index in [1.807, 2.05) is 6.92 Å². The van der Waals surface area contributed by atoms with E-state index in [-0.39, 0.29) is 12.3 Å². The SMILES string of the molecule is CCC1=NC(C(=O)O)CC(=O)N1. The number of aliphatic carboxylic acids is 1. The van der Waals surface area contributed by atoms with E-state index >= 15 is 0 Å². The van der Waals surface area contributed by atoms with E-state index in [4.69, 9.17) is 5.11 Å². The second-order valence-corrected chi connectivity index (χ2v) is 2.54. The summed E-state index contributed by atoms with van der Waals surface area (Å²) in [6.07, 6.45) is 0.494. The molecule has 0 aliphatic carbocycles. The van der Waals surface area contributed by atoms with Gasteiger partial charge in [0.05, 0.1) is 6.42 Å². The number of nitrogens with one attached hydrogen (secondary N) is 1. The van der Waals surface area contributed by atoms with Crippen LogP contribution < -0.4 is 5.32 Å². The molecule has 0 aromatic rings. The number of nitrogens with zero attached hydrogens (tertiary/aromatic N) is 1. The number of amides is 1. The van der Waals surface area contributed by atoms with Crippen molar-refractivity contribution in [2.45, 2.75) is 25.8 Å². The summed E-state index contributed by atoms with van der Waals surface area (Å²) in [5, 5.41) is 11.1. The smallest absolute Gasteiger partial charge is 0.329 e. The van der Waals surface area contributed by atoms with Gasteiger partial charge in [0.25, 0.3) is 0 Å². The Bertz CT molecular complexity index is 247. The summed E-state index contributed by atoms with van der Waals surface area (Å²) in [4.78, 5) is 25.2. The van der Waals surface area contributed by atoms with Crippen molar-refractivity contribution < 1.29 is 14.7 Å². The average molecular weight is 170 g/mol. The lowest BCUT2D eigenvalue weighted by Gasteiger charge is -2.16. The number of rotatable bonds is 2. The van der Waals surface area contributed by atoms with E-state index in [0.29, 0.717) is 12.3 Å². The molecule has 5 nitrogen and oxygen atoms in total. The quantitative estimate of drug-likeness (QED) is 0.600. The molecule has 0 bridgehead atoms. The number of amidine groups is 1. The van der Waals surface area contributed by atoms with Crippen LogP contribution in [0.25, 0.3) is 0 Å². The summed E-state index contributed by atoms with van der Waals surface area (Å²) >= 11 is 0. The van der Waals surface area contributed by atoms with Gasteiger partial charge in [-0.25, -0.2) is 4.79 Å². The highest BCUT2D eigenvalue weighted by Crippen LogP contribution is 2.05. The molecule has 0 spiro atoms. The van der Waals surface area contributed by atoms with Crippen LogP contribution in [0.3, 0.4) is 0 Å². The largest absolute Gasteiger partial charge is 0.480 e. The topological polar surface area (TPSA) is 78.8 Å². The van der Waals surface area contributed by atoms with Gasteiger partial charge >= 0.3 is 5.97 Å². The normalized spacial score (nSPS) is 22.9. The maximum atomic E-state index is 10.9. The van der Waals surface area contributed by atoms with Gasteiger partial charge in [0.2, 0.25) is 5.91 Å². The molecule has 1 rings (SSSR count). The van der Waals surface area contributed by atoms with Crippen molar-refractivity contribution in [2.24, 2.45) is 4.99 Å². The molecule has 1 amide bonds. The molecule has 1 heterocycles. The molecule has 1 aliphatic rings. The third kappa shape index (κ3) is 1.81. The van der Waals surface area contributed by atoms with E-state index in [1.165, 1.54) is 0 Å². The Hall–Kier alpha value is -1.39. The Morgan fingerprint density at radius 1 is 1.83 bits per heavy atom. The summed E-state index contributed by atoms with van der Waals surface area (Å²) in [6.45, 7) is 1.81. The highest BCUT2D eigenvalue weighted by Gasteiger charge is 2.25. The molecule has 2 N–H and O–H groups in total. The minimum Gasteiger partial charge on any atom is -0.480 e. The van der Waals surface area contributed by atoms with Crippen LogP contribution in [0, 0.1) is 0 Å². The van der Waals surface area contributed by atoms with Crippen LogP contribution >= 0.6 is 0 Å². The lowest BCUT2D eigenvalue weighted by Crippen LogP contribution is -2.40. The maximum absolute atomic E-state index is 10.9. The number of carboxylic acid groups (broad SMARTS) is 1. The minimum absolute atomic E-state index is 0.0567. The van der Waals surface area contributed by atoms with Crippen molar-refractivity contribution in [1.82, 2.24) is 5.32 Å². The highest BCUT2D eigenvalue weighted by atomic mass is 16.4. The molecular weight excluding hydrogens is 160 g/mol. The Balaban J connectivity index is 2.78. The number of aliphatic imine (C=N–C) groups is 1. The monoisotopic (exact) mass is 170 g/mol. The molecule has 66 valence electrons.